The summed E-state index contributed by atoms with van der Waals surface area (Å²) in [6, 6.07) is 19.5. The number of aliphatic hydroxyl groups excluding tert-OH is 1. The number of piperazine rings is 1. The fourth-order valence-corrected chi connectivity index (χ4v) is 3.68. The minimum Gasteiger partial charge on any atom is -0.392 e. The molecule has 0 amide bonds. The molecule has 1 aliphatic rings. The van der Waals surface area contributed by atoms with E-state index < -0.39 is 0 Å². The summed E-state index contributed by atoms with van der Waals surface area (Å²) in [7, 11) is 0. The Morgan fingerprint density at radius 1 is 0.880 bits per heavy atom. The Balaban J connectivity index is 1.78. The maximum atomic E-state index is 9.32. The summed E-state index contributed by atoms with van der Waals surface area (Å²) >= 11 is 0. The minimum atomic E-state index is 0.104. The van der Waals surface area contributed by atoms with E-state index in [1.165, 1.54) is 30.5 Å². The monoisotopic (exact) mass is 338 g/mol. The summed E-state index contributed by atoms with van der Waals surface area (Å²) in [6.45, 7) is 8.10. The highest BCUT2D eigenvalue weighted by atomic mass is 16.3. The van der Waals surface area contributed by atoms with Crippen molar-refractivity contribution >= 4 is 0 Å². The molecule has 3 heteroatoms. The molecular formula is C22H30N2O. The van der Waals surface area contributed by atoms with Crippen molar-refractivity contribution in [1.82, 2.24) is 9.80 Å². The van der Waals surface area contributed by atoms with E-state index in [9.17, 15) is 5.11 Å². The predicted molar refractivity (Wildman–Crippen MR) is 104 cm³/mol. The Morgan fingerprint density at radius 3 is 2.12 bits per heavy atom. The molecule has 3 rings (SSSR count). The van der Waals surface area contributed by atoms with E-state index in [0.717, 1.165) is 31.7 Å². The zero-order valence-electron chi connectivity index (χ0n) is 15.3. The third-order valence-corrected chi connectivity index (χ3v) is 5.19. The van der Waals surface area contributed by atoms with Gasteiger partial charge in [0.1, 0.15) is 0 Å². The molecule has 0 spiro atoms. The topological polar surface area (TPSA) is 26.7 Å². The molecule has 1 atom stereocenters. The standard InChI is InChI=1S/C22H30N2O/c1-2-3-13-23-14-16-24(17-15-23)22(20-7-5-4-6-8-20)21-11-9-19(18-25)10-12-21/h4-12,22,25H,2-3,13-18H2,1H3. The van der Waals surface area contributed by atoms with Gasteiger partial charge in [0, 0.05) is 26.2 Å². The summed E-state index contributed by atoms with van der Waals surface area (Å²) < 4.78 is 0. The summed E-state index contributed by atoms with van der Waals surface area (Å²) in [5.41, 5.74) is 3.63. The summed E-state index contributed by atoms with van der Waals surface area (Å²) in [5, 5.41) is 9.32. The first-order chi connectivity index (χ1) is 12.3. The van der Waals surface area contributed by atoms with Crippen LogP contribution in [0.5, 0.6) is 0 Å². The fraction of sp³-hybridized carbons (Fsp3) is 0.455. The van der Waals surface area contributed by atoms with Crippen LogP contribution in [0.1, 0.15) is 42.5 Å². The van der Waals surface area contributed by atoms with E-state index in [-0.39, 0.29) is 6.61 Å². The molecule has 0 radical (unpaired) electrons. The van der Waals surface area contributed by atoms with Crippen LogP contribution < -0.4 is 0 Å². The lowest BCUT2D eigenvalue weighted by molar-refractivity contribution is 0.108. The molecule has 2 aromatic rings. The second-order valence-electron chi connectivity index (χ2n) is 6.94. The van der Waals surface area contributed by atoms with Crippen molar-refractivity contribution in [2.75, 3.05) is 32.7 Å². The predicted octanol–water partition coefficient (Wildman–Crippen LogP) is 3.69. The van der Waals surface area contributed by atoms with E-state index in [1.807, 2.05) is 12.1 Å². The first kappa shape index (κ1) is 18.1. The van der Waals surface area contributed by atoms with E-state index in [4.69, 9.17) is 0 Å². The molecule has 3 nitrogen and oxygen atoms in total. The molecular weight excluding hydrogens is 308 g/mol. The smallest absolute Gasteiger partial charge is 0.0681 e. The average molecular weight is 338 g/mol. The van der Waals surface area contributed by atoms with Crippen LogP contribution in [0.15, 0.2) is 54.6 Å². The molecule has 0 bridgehead atoms. The first-order valence-corrected chi connectivity index (χ1v) is 9.53. The van der Waals surface area contributed by atoms with Gasteiger partial charge >= 0.3 is 0 Å². The minimum absolute atomic E-state index is 0.104. The Hall–Kier alpha value is -1.68. The van der Waals surface area contributed by atoms with E-state index >= 15 is 0 Å². The fourth-order valence-electron chi connectivity index (χ4n) is 3.68. The highest BCUT2D eigenvalue weighted by Gasteiger charge is 2.26. The zero-order chi connectivity index (χ0) is 17.5. The maximum absolute atomic E-state index is 9.32. The third kappa shape index (κ3) is 4.69. The van der Waals surface area contributed by atoms with Gasteiger partial charge in [-0.05, 0) is 29.7 Å². The molecule has 134 valence electrons. The number of hydrogen-bond acceptors (Lipinski definition) is 3. The second-order valence-corrected chi connectivity index (χ2v) is 6.94. The molecule has 1 N–H and O–H groups in total. The van der Waals surface area contributed by atoms with Crippen LogP contribution in [-0.4, -0.2) is 47.6 Å². The lowest BCUT2D eigenvalue weighted by atomic mass is 9.95. The van der Waals surface area contributed by atoms with Crippen LogP contribution in [0.25, 0.3) is 0 Å². The van der Waals surface area contributed by atoms with Crippen molar-refractivity contribution in [2.24, 2.45) is 0 Å². The van der Waals surface area contributed by atoms with Crippen LogP contribution in [-0.2, 0) is 6.61 Å². The molecule has 1 unspecified atom stereocenters. The quantitative estimate of drug-likeness (QED) is 0.834. The molecule has 25 heavy (non-hydrogen) atoms. The SMILES string of the molecule is CCCCN1CCN(C(c2ccccc2)c2ccc(CO)cc2)CC1. The lowest BCUT2D eigenvalue weighted by Crippen LogP contribution is -2.48. The zero-order valence-corrected chi connectivity index (χ0v) is 15.3. The highest BCUT2D eigenvalue weighted by Crippen LogP contribution is 2.29. The molecule has 0 saturated carbocycles. The Bertz CT molecular complexity index is 618. The van der Waals surface area contributed by atoms with Gasteiger partial charge in [-0.15, -0.1) is 0 Å². The Morgan fingerprint density at radius 2 is 1.52 bits per heavy atom. The molecule has 1 fully saturated rings. The van der Waals surface area contributed by atoms with E-state index in [2.05, 4.69) is 59.2 Å². The number of benzene rings is 2. The van der Waals surface area contributed by atoms with Crippen LogP contribution in [0.4, 0.5) is 0 Å². The second kappa shape index (κ2) is 9.14. The van der Waals surface area contributed by atoms with Crippen molar-refractivity contribution < 1.29 is 5.11 Å². The van der Waals surface area contributed by atoms with Gasteiger partial charge in [-0.3, -0.25) is 4.90 Å². The molecule has 1 heterocycles. The van der Waals surface area contributed by atoms with E-state index in [0.29, 0.717) is 6.04 Å². The van der Waals surface area contributed by atoms with Gasteiger partial charge in [0.05, 0.1) is 12.6 Å². The first-order valence-electron chi connectivity index (χ1n) is 9.53. The number of aliphatic hydroxyl groups is 1. The van der Waals surface area contributed by atoms with Crippen molar-refractivity contribution in [1.29, 1.82) is 0 Å². The van der Waals surface area contributed by atoms with Gasteiger partial charge in [-0.25, -0.2) is 0 Å². The van der Waals surface area contributed by atoms with E-state index in [1.54, 1.807) is 0 Å². The molecule has 0 aliphatic carbocycles. The van der Waals surface area contributed by atoms with Crippen LogP contribution in [0.2, 0.25) is 0 Å². The van der Waals surface area contributed by atoms with Crippen LogP contribution in [0.3, 0.4) is 0 Å². The Labute approximate surface area is 151 Å². The van der Waals surface area contributed by atoms with Gasteiger partial charge in [0.2, 0.25) is 0 Å². The van der Waals surface area contributed by atoms with Crippen LogP contribution in [0, 0.1) is 0 Å². The average Bonchev–Trinajstić information content (AvgIpc) is 2.69. The number of rotatable bonds is 7. The lowest BCUT2D eigenvalue weighted by Gasteiger charge is -2.40. The summed E-state index contributed by atoms with van der Waals surface area (Å²) in [4.78, 5) is 5.20. The third-order valence-electron chi connectivity index (χ3n) is 5.19. The molecule has 2 aromatic carbocycles. The van der Waals surface area contributed by atoms with Crippen LogP contribution >= 0.6 is 0 Å². The molecule has 1 saturated heterocycles. The largest absolute Gasteiger partial charge is 0.392 e. The van der Waals surface area contributed by atoms with Gasteiger partial charge in [0.25, 0.3) is 0 Å². The maximum Gasteiger partial charge on any atom is 0.0681 e. The molecule has 0 aromatic heterocycles. The number of unbranched alkanes of at least 4 members (excludes halogenated alkanes) is 1. The van der Waals surface area contributed by atoms with Gasteiger partial charge < -0.3 is 10.0 Å². The van der Waals surface area contributed by atoms with Crippen molar-refractivity contribution in [3.05, 3.63) is 71.3 Å². The Kier molecular flexibility index (Phi) is 6.62. The van der Waals surface area contributed by atoms with Crippen molar-refractivity contribution in [3.8, 4) is 0 Å². The van der Waals surface area contributed by atoms with Gasteiger partial charge in [0.15, 0.2) is 0 Å². The van der Waals surface area contributed by atoms with Crippen molar-refractivity contribution in [3.63, 3.8) is 0 Å². The van der Waals surface area contributed by atoms with Crippen molar-refractivity contribution in [2.45, 2.75) is 32.4 Å². The van der Waals surface area contributed by atoms with Gasteiger partial charge in [-0.2, -0.15) is 0 Å². The normalized spacial score (nSPS) is 17.5. The van der Waals surface area contributed by atoms with Gasteiger partial charge in [-0.1, -0.05) is 67.9 Å². The summed E-state index contributed by atoms with van der Waals surface area (Å²) in [6.07, 6.45) is 2.56. The highest BCUT2D eigenvalue weighted by molar-refractivity contribution is 5.33. The molecule has 1 aliphatic heterocycles. The summed E-state index contributed by atoms with van der Waals surface area (Å²) in [5.74, 6) is 0. The number of hydrogen-bond donors (Lipinski definition) is 1. The number of nitrogens with zero attached hydrogens (tertiary/aromatic N) is 2.